The van der Waals surface area contributed by atoms with E-state index in [0.29, 0.717) is 6.54 Å². The first kappa shape index (κ1) is 14.4. The average Bonchev–Trinajstić information content (AvgIpc) is 2.98. The van der Waals surface area contributed by atoms with Crippen molar-refractivity contribution in [2.24, 2.45) is 0 Å². The van der Waals surface area contributed by atoms with Crippen LogP contribution in [0, 0.1) is 10.1 Å². The Bertz CT molecular complexity index is 598. The van der Waals surface area contributed by atoms with Gasteiger partial charge in [0.15, 0.2) is 0 Å². The van der Waals surface area contributed by atoms with Crippen LogP contribution < -0.4 is 17.7 Å². The highest BCUT2D eigenvalue weighted by Crippen LogP contribution is 2.32. The topological polar surface area (TPSA) is 97.1 Å². The Kier molecular flexibility index (Phi) is 3.74. The highest BCUT2D eigenvalue weighted by atomic mass is 35.5. The fourth-order valence-electron chi connectivity index (χ4n) is 2.74. The number of halogens is 1. The predicted molar refractivity (Wildman–Crippen MR) is 63.7 cm³/mol. The minimum atomic E-state index is -0.617. The fourth-order valence-corrected chi connectivity index (χ4v) is 2.74. The summed E-state index contributed by atoms with van der Waals surface area (Å²) in [7, 11) is 0. The van der Waals surface area contributed by atoms with Gasteiger partial charge in [-0.05, 0) is 6.07 Å². The van der Waals surface area contributed by atoms with E-state index in [0.717, 1.165) is 13.0 Å². The maximum absolute atomic E-state index is 12.3. The first-order valence-corrected chi connectivity index (χ1v) is 6.08. The highest BCUT2D eigenvalue weighted by Gasteiger charge is 2.45. The van der Waals surface area contributed by atoms with Gasteiger partial charge in [-0.3, -0.25) is 24.6 Å². The Labute approximate surface area is 120 Å². The molecule has 106 valence electrons. The highest BCUT2D eigenvalue weighted by molar-refractivity contribution is 6.23. The Balaban J connectivity index is 0.00000147. The van der Waals surface area contributed by atoms with Crippen LogP contribution in [0.25, 0.3) is 0 Å². The lowest BCUT2D eigenvalue weighted by molar-refractivity contribution is -0.637. The number of nitrogens with two attached hydrogens (primary N) is 1. The predicted octanol–water partition coefficient (Wildman–Crippen LogP) is -3.47. The third-order valence-electron chi connectivity index (χ3n) is 3.63. The second kappa shape index (κ2) is 5.18. The average molecular weight is 298 g/mol. The summed E-state index contributed by atoms with van der Waals surface area (Å²) < 4.78 is 0. The SMILES string of the molecule is O=C1c2cccc([N+](=O)[O-])c2C(=O)N1[C@@H]1CC[NH2+]C1.[Cl-]. The quantitative estimate of drug-likeness (QED) is 0.348. The van der Waals surface area contributed by atoms with Crippen molar-refractivity contribution in [3.63, 3.8) is 0 Å². The molecule has 2 aliphatic heterocycles. The van der Waals surface area contributed by atoms with Gasteiger partial charge in [0, 0.05) is 12.5 Å². The van der Waals surface area contributed by atoms with Crippen molar-refractivity contribution in [2.75, 3.05) is 13.1 Å². The van der Waals surface area contributed by atoms with Crippen LogP contribution in [0.15, 0.2) is 18.2 Å². The molecule has 8 heteroatoms. The molecule has 20 heavy (non-hydrogen) atoms. The molecule has 2 aliphatic rings. The van der Waals surface area contributed by atoms with Crippen molar-refractivity contribution in [3.05, 3.63) is 39.4 Å². The molecule has 1 atom stereocenters. The summed E-state index contributed by atoms with van der Waals surface area (Å²) >= 11 is 0. The lowest BCUT2D eigenvalue weighted by Crippen LogP contribution is -3.00. The number of carbonyl (C=O) groups excluding carboxylic acids is 2. The van der Waals surface area contributed by atoms with Crippen molar-refractivity contribution in [2.45, 2.75) is 12.5 Å². The Hall–Kier alpha value is -1.99. The van der Waals surface area contributed by atoms with Crippen LogP contribution in [-0.4, -0.2) is 40.8 Å². The minimum absolute atomic E-state index is 0. The fraction of sp³-hybridized carbons (Fsp3) is 0.333. The molecule has 0 spiro atoms. The van der Waals surface area contributed by atoms with E-state index in [9.17, 15) is 19.7 Å². The molecule has 0 aliphatic carbocycles. The van der Waals surface area contributed by atoms with E-state index < -0.39 is 16.7 Å². The second-order valence-electron chi connectivity index (χ2n) is 4.69. The molecule has 0 saturated carbocycles. The molecular formula is C12H12ClN3O4. The normalized spacial score (nSPS) is 20.8. The van der Waals surface area contributed by atoms with Crippen molar-refractivity contribution in [3.8, 4) is 0 Å². The van der Waals surface area contributed by atoms with Crippen LogP contribution in [0.2, 0.25) is 0 Å². The van der Waals surface area contributed by atoms with Gasteiger partial charge in [-0.2, -0.15) is 0 Å². The van der Waals surface area contributed by atoms with Gasteiger partial charge in [0.05, 0.1) is 29.6 Å². The molecule has 0 aromatic heterocycles. The standard InChI is InChI=1S/C12H11N3O4.ClH/c16-11-8-2-1-3-9(15(18)19)10(8)12(17)14(11)7-4-5-13-6-7;/h1-3,7,13H,4-6H2;1H/t7-;/m1./s1. The van der Waals surface area contributed by atoms with Gasteiger partial charge in [-0.1, -0.05) is 6.07 Å². The molecule has 1 saturated heterocycles. The Morgan fingerprint density at radius 1 is 1.30 bits per heavy atom. The third-order valence-corrected chi connectivity index (χ3v) is 3.63. The summed E-state index contributed by atoms with van der Waals surface area (Å²) in [6.07, 6.45) is 0.735. The summed E-state index contributed by atoms with van der Waals surface area (Å²) in [6.45, 7) is 1.53. The second-order valence-corrected chi connectivity index (χ2v) is 4.69. The van der Waals surface area contributed by atoms with Gasteiger partial charge in [0.25, 0.3) is 17.5 Å². The Morgan fingerprint density at radius 2 is 2.05 bits per heavy atom. The molecule has 1 fully saturated rings. The van der Waals surface area contributed by atoms with Gasteiger partial charge >= 0.3 is 0 Å². The number of nitrogens with zero attached hydrogens (tertiary/aromatic N) is 2. The number of hydrogen-bond acceptors (Lipinski definition) is 4. The summed E-state index contributed by atoms with van der Waals surface area (Å²) in [4.78, 5) is 36.1. The lowest BCUT2D eigenvalue weighted by atomic mass is 10.1. The molecular weight excluding hydrogens is 286 g/mol. The molecule has 1 aromatic carbocycles. The summed E-state index contributed by atoms with van der Waals surface area (Å²) in [6, 6.07) is 4.01. The van der Waals surface area contributed by atoms with Gasteiger partial charge < -0.3 is 17.7 Å². The van der Waals surface area contributed by atoms with Crippen LogP contribution in [0.1, 0.15) is 27.1 Å². The third kappa shape index (κ3) is 1.95. The number of benzene rings is 1. The number of carbonyl (C=O) groups is 2. The number of rotatable bonds is 2. The van der Waals surface area contributed by atoms with E-state index >= 15 is 0 Å². The monoisotopic (exact) mass is 297 g/mol. The molecule has 1 aromatic rings. The zero-order valence-electron chi connectivity index (χ0n) is 10.4. The molecule has 0 radical (unpaired) electrons. The van der Waals surface area contributed by atoms with Gasteiger partial charge in [-0.25, -0.2) is 0 Å². The van der Waals surface area contributed by atoms with E-state index in [2.05, 4.69) is 0 Å². The molecule has 7 nitrogen and oxygen atoms in total. The number of hydrogen-bond donors (Lipinski definition) is 1. The van der Waals surface area contributed by atoms with Gasteiger partial charge in [0.2, 0.25) is 0 Å². The first-order valence-electron chi connectivity index (χ1n) is 6.08. The number of nitro groups is 1. The van der Waals surface area contributed by atoms with E-state index in [1.807, 2.05) is 5.32 Å². The largest absolute Gasteiger partial charge is 1.00 e. The summed E-state index contributed by atoms with van der Waals surface area (Å²) in [5.74, 6) is -0.948. The number of fused-ring (bicyclic) bond motifs is 1. The lowest BCUT2D eigenvalue weighted by Gasteiger charge is -2.18. The zero-order chi connectivity index (χ0) is 13.6. The van der Waals surface area contributed by atoms with E-state index in [4.69, 9.17) is 0 Å². The van der Waals surface area contributed by atoms with Gasteiger partial charge in [-0.15, -0.1) is 0 Å². The Morgan fingerprint density at radius 3 is 2.65 bits per heavy atom. The molecule has 3 rings (SSSR count). The summed E-state index contributed by atoms with van der Waals surface area (Å²) in [5, 5.41) is 13.0. The van der Waals surface area contributed by atoms with Crippen LogP contribution in [0.3, 0.4) is 0 Å². The first-order chi connectivity index (χ1) is 9.11. The van der Waals surface area contributed by atoms with Crippen LogP contribution >= 0.6 is 0 Å². The molecule has 2 N–H and O–H groups in total. The van der Waals surface area contributed by atoms with Crippen molar-refractivity contribution < 1.29 is 32.2 Å². The molecule has 2 amide bonds. The van der Waals surface area contributed by atoms with Crippen LogP contribution in [-0.2, 0) is 0 Å². The maximum atomic E-state index is 12.3. The number of imide groups is 1. The molecule has 2 heterocycles. The zero-order valence-corrected chi connectivity index (χ0v) is 11.2. The smallest absolute Gasteiger partial charge is 0.282 e. The molecule has 0 unspecified atom stereocenters. The van der Waals surface area contributed by atoms with Crippen LogP contribution in [0.4, 0.5) is 5.69 Å². The van der Waals surface area contributed by atoms with Crippen molar-refractivity contribution in [1.82, 2.24) is 4.90 Å². The van der Waals surface area contributed by atoms with E-state index in [-0.39, 0.29) is 35.3 Å². The number of nitro benzene ring substituents is 1. The number of amides is 2. The molecule has 0 bridgehead atoms. The van der Waals surface area contributed by atoms with Crippen LogP contribution in [0.5, 0.6) is 0 Å². The maximum Gasteiger partial charge on any atom is 0.282 e. The van der Waals surface area contributed by atoms with E-state index in [1.54, 1.807) is 0 Å². The number of quaternary nitrogens is 1. The van der Waals surface area contributed by atoms with E-state index in [1.165, 1.54) is 23.1 Å². The minimum Gasteiger partial charge on any atom is -1.00 e. The summed E-state index contributed by atoms with van der Waals surface area (Å²) in [5.41, 5.74) is -0.212. The van der Waals surface area contributed by atoms with Gasteiger partial charge in [0.1, 0.15) is 5.56 Å². The van der Waals surface area contributed by atoms with Crippen molar-refractivity contribution in [1.29, 1.82) is 0 Å². The van der Waals surface area contributed by atoms with Crippen molar-refractivity contribution >= 4 is 17.5 Å².